The molecule has 0 radical (unpaired) electrons. The number of aromatic nitrogens is 1. The van der Waals surface area contributed by atoms with Gasteiger partial charge in [-0.25, -0.2) is 4.79 Å². The average molecular weight is 375 g/mol. The molecule has 2 aromatic carbocycles. The minimum atomic E-state index is -0.916. The van der Waals surface area contributed by atoms with Gasteiger partial charge in [0.1, 0.15) is 17.1 Å². The van der Waals surface area contributed by atoms with Crippen LogP contribution in [-0.4, -0.2) is 22.8 Å². The van der Waals surface area contributed by atoms with Gasteiger partial charge in [0.05, 0.1) is 6.20 Å². The Morgan fingerprint density at radius 2 is 1.75 bits per heavy atom. The van der Waals surface area contributed by atoms with Crippen molar-refractivity contribution in [2.75, 3.05) is 0 Å². The summed E-state index contributed by atoms with van der Waals surface area (Å²) in [4.78, 5) is 29.3. The molecule has 0 saturated carbocycles. The number of Topliss-reactive ketones (excluding diaryl/α,β-unsaturated/α-hetero) is 1. The summed E-state index contributed by atoms with van der Waals surface area (Å²) in [5.41, 5.74) is 2.87. The molecule has 28 heavy (non-hydrogen) atoms. The third-order valence-corrected chi connectivity index (χ3v) is 4.41. The van der Waals surface area contributed by atoms with Gasteiger partial charge in [-0.05, 0) is 62.2 Å². The van der Waals surface area contributed by atoms with Crippen LogP contribution in [-0.2, 0) is 4.74 Å². The standard InChI is InChI=1S/C23H21NO4/c1-15-10-11-18(13-16(15)2)22(25)17(3)27-23(26)20-8-4-5-9-21(20)28-19-7-6-12-24-14-19/h4-14,17H,1-3H3. The molecule has 3 aromatic rings. The van der Waals surface area contributed by atoms with Gasteiger partial charge in [-0.3, -0.25) is 9.78 Å². The van der Waals surface area contributed by atoms with E-state index in [1.54, 1.807) is 61.8 Å². The lowest BCUT2D eigenvalue weighted by molar-refractivity contribution is 0.0316. The second kappa shape index (κ2) is 8.48. The third kappa shape index (κ3) is 4.43. The minimum absolute atomic E-state index is 0.242. The van der Waals surface area contributed by atoms with Crippen molar-refractivity contribution in [3.8, 4) is 11.5 Å². The molecule has 142 valence electrons. The van der Waals surface area contributed by atoms with E-state index in [0.29, 0.717) is 17.1 Å². The van der Waals surface area contributed by atoms with Crippen molar-refractivity contribution >= 4 is 11.8 Å². The summed E-state index contributed by atoms with van der Waals surface area (Å²) in [5.74, 6) is -0.0281. The van der Waals surface area contributed by atoms with E-state index in [4.69, 9.17) is 9.47 Å². The highest BCUT2D eigenvalue weighted by Crippen LogP contribution is 2.25. The Morgan fingerprint density at radius 1 is 0.964 bits per heavy atom. The molecule has 1 aromatic heterocycles. The molecule has 0 aliphatic carbocycles. The van der Waals surface area contributed by atoms with Crippen LogP contribution in [0.1, 0.15) is 38.8 Å². The average Bonchev–Trinajstić information content (AvgIpc) is 2.70. The van der Waals surface area contributed by atoms with E-state index in [-0.39, 0.29) is 11.3 Å². The van der Waals surface area contributed by atoms with E-state index in [9.17, 15) is 9.59 Å². The van der Waals surface area contributed by atoms with Crippen LogP contribution in [0.5, 0.6) is 11.5 Å². The number of rotatable bonds is 6. The molecular weight excluding hydrogens is 354 g/mol. The van der Waals surface area contributed by atoms with Crippen molar-refractivity contribution in [3.05, 3.63) is 89.2 Å². The zero-order chi connectivity index (χ0) is 20.1. The molecule has 5 nitrogen and oxygen atoms in total. The maximum Gasteiger partial charge on any atom is 0.342 e. The van der Waals surface area contributed by atoms with Gasteiger partial charge >= 0.3 is 5.97 Å². The second-order valence-electron chi connectivity index (χ2n) is 6.50. The number of carbonyl (C=O) groups excluding carboxylic acids is 2. The zero-order valence-electron chi connectivity index (χ0n) is 16.0. The number of hydrogen-bond acceptors (Lipinski definition) is 5. The van der Waals surface area contributed by atoms with Crippen LogP contribution in [0.3, 0.4) is 0 Å². The lowest BCUT2D eigenvalue weighted by atomic mass is 10.0. The van der Waals surface area contributed by atoms with Gasteiger partial charge in [0.25, 0.3) is 0 Å². The summed E-state index contributed by atoms with van der Waals surface area (Å²) in [7, 11) is 0. The molecular formula is C23H21NO4. The number of nitrogens with zero attached hydrogens (tertiary/aromatic N) is 1. The van der Waals surface area contributed by atoms with Crippen LogP contribution in [0.15, 0.2) is 67.0 Å². The molecule has 0 spiro atoms. The molecule has 0 saturated heterocycles. The number of pyridine rings is 1. The van der Waals surface area contributed by atoms with Crippen molar-refractivity contribution in [1.29, 1.82) is 0 Å². The van der Waals surface area contributed by atoms with Gasteiger partial charge in [-0.2, -0.15) is 0 Å². The minimum Gasteiger partial charge on any atom is -0.455 e. The summed E-state index contributed by atoms with van der Waals surface area (Å²) in [6, 6.07) is 15.6. The Labute approximate surface area is 164 Å². The van der Waals surface area contributed by atoms with Gasteiger partial charge in [-0.1, -0.05) is 24.3 Å². The number of hydrogen-bond donors (Lipinski definition) is 0. The molecule has 0 aliphatic rings. The lowest BCUT2D eigenvalue weighted by Gasteiger charge is -2.15. The molecule has 1 heterocycles. The molecule has 0 N–H and O–H groups in total. The number of para-hydroxylation sites is 1. The first-order valence-electron chi connectivity index (χ1n) is 8.95. The van der Waals surface area contributed by atoms with Crippen molar-refractivity contribution in [3.63, 3.8) is 0 Å². The van der Waals surface area contributed by atoms with E-state index >= 15 is 0 Å². The van der Waals surface area contributed by atoms with Crippen LogP contribution >= 0.6 is 0 Å². The van der Waals surface area contributed by atoms with Crippen molar-refractivity contribution in [1.82, 2.24) is 4.98 Å². The van der Waals surface area contributed by atoms with Crippen LogP contribution in [0.4, 0.5) is 0 Å². The highest BCUT2D eigenvalue weighted by molar-refractivity contribution is 6.02. The third-order valence-electron chi connectivity index (χ3n) is 4.41. The summed E-state index contributed by atoms with van der Waals surface area (Å²) in [6.07, 6.45) is 2.27. The highest BCUT2D eigenvalue weighted by atomic mass is 16.5. The number of ketones is 1. The normalized spacial score (nSPS) is 11.5. The van der Waals surface area contributed by atoms with Gasteiger partial charge in [0.15, 0.2) is 6.10 Å². The zero-order valence-corrected chi connectivity index (χ0v) is 16.0. The largest absolute Gasteiger partial charge is 0.455 e. The first-order valence-corrected chi connectivity index (χ1v) is 8.95. The first-order chi connectivity index (χ1) is 13.5. The molecule has 3 rings (SSSR count). The van der Waals surface area contributed by atoms with E-state index in [1.165, 1.54) is 0 Å². The quantitative estimate of drug-likeness (QED) is 0.452. The maximum absolute atomic E-state index is 12.7. The Kier molecular flexibility index (Phi) is 5.84. The Balaban J connectivity index is 1.75. The van der Waals surface area contributed by atoms with Crippen molar-refractivity contribution in [2.45, 2.75) is 26.9 Å². The van der Waals surface area contributed by atoms with Crippen LogP contribution in [0.25, 0.3) is 0 Å². The molecule has 1 atom stereocenters. The van der Waals surface area contributed by atoms with Crippen LogP contribution in [0.2, 0.25) is 0 Å². The van der Waals surface area contributed by atoms with Crippen molar-refractivity contribution in [2.24, 2.45) is 0 Å². The number of esters is 1. The maximum atomic E-state index is 12.7. The van der Waals surface area contributed by atoms with Gasteiger partial charge < -0.3 is 9.47 Å². The summed E-state index contributed by atoms with van der Waals surface area (Å²) in [6.45, 7) is 5.49. The van der Waals surface area contributed by atoms with Gasteiger partial charge in [-0.15, -0.1) is 0 Å². The number of ether oxygens (including phenoxy) is 2. The SMILES string of the molecule is Cc1ccc(C(=O)C(C)OC(=O)c2ccccc2Oc2cccnc2)cc1C. The Bertz CT molecular complexity index is 998. The van der Waals surface area contributed by atoms with Gasteiger partial charge in [0.2, 0.25) is 5.78 Å². The van der Waals surface area contributed by atoms with E-state index in [1.807, 2.05) is 26.0 Å². The monoisotopic (exact) mass is 375 g/mol. The molecule has 0 fully saturated rings. The fraction of sp³-hybridized carbons (Fsp3) is 0.174. The molecule has 0 amide bonds. The Hall–Kier alpha value is -3.47. The highest BCUT2D eigenvalue weighted by Gasteiger charge is 2.23. The topological polar surface area (TPSA) is 65.5 Å². The predicted octanol–water partition coefficient (Wildman–Crippen LogP) is 4.92. The fourth-order valence-electron chi connectivity index (χ4n) is 2.67. The van der Waals surface area contributed by atoms with E-state index in [2.05, 4.69) is 4.98 Å². The predicted molar refractivity (Wildman–Crippen MR) is 106 cm³/mol. The van der Waals surface area contributed by atoms with Crippen molar-refractivity contribution < 1.29 is 19.1 Å². The molecule has 0 aliphatic heterocycles. The lowest BCUT2D eigenvalue weighted by Crippen LogP contribution is -2.24. The smallest absolute Gasteiger partial charge is 0.342 e. The number of aryl methyl sites for hydroxylation is 2. The second-order valence-corrected chi connectivity index (χ2v) is 6.50. The summed E-state index contributed by atoms with van der Waals surface area (Å²) >= 11 is 0. The number of benzene rings is 2. The van der Waals surface area contributed by atoms with Crippen LogP contribution in [0, 0.1) is 13.8 Å². The van der Waals surface area contributed by atoms with E-state index < -0.39 is 12.1 Å². The summed E-state index contributed by atoms with van der Waals surface area (Å²) < 4.78 is 11.2. The summed E-state index contributed by atoms with van der Waals surface area (Å²) in [5, 5.41) is 0. The Morgan fingerprint density at radius 3 is 2.46 bits per heavy atom. The molecule has 1 unspecified atom stereocenters. The van der Waals surface area contributed by atoms with Crippen LogP contribution < -0.4 is 4.74 Å². The molecule has 5 heteroatoms. The number of carbonyl (C=O) groups is 2. The fourth-order valence-corrected chi connectivity index (χ4v) is 2.67. The van der Waals surface area contributed by atoms with Gasteiger partial charge in [0, 0.05) is 11.8 Å². The van der Waals surface area contributed by atoms with E-state index in [0.717, 1.165) is 11.1 Å². The first kappa shape index (κ1) is 19.3. The molecule has 0 bridgehead atoms.